The summed E-state index contributed by atoms with van der Waals surface area (Å²) in [6.45, 7) is 2.53. The lowest BCUT2D eigenvalue weighted by molar-refractivity contribution is -0.117. The number of aromatic nitrogens is 2. The summed E-state index contributed by atoms with van der Waals surface area (Å²) in [4.78, 5) is 15.3. The number of aryl methyl sites for hydroxylation is 1. The van der Waals surface area contributed by atoms with E-state index in [4.69, 9.17) is 5.26 Å². The highest BCUT2D eigenvalue weighted by Gasteiger charge is 2.19. The summed E-state index contributed by atoms with van der Waals surface area (Å²) in [5, 5.41) is 8.99. The van der Waals surface area contributed by atoms with Gasteiger partial charge in [-0.15, -0.1) is 0 Å². The Morgan fingerprint density at radius 2 is 2.38 bits per heavy atom. The number of Topliss-reactive ketones (excluding diaryl/α,β-unsaturated/α-hetero) is 1. The highest BCUT2D eigenvalue weighted by Crippen LogP contribution is 2.21. The average Bonchev–Trinajstić information content (AvgIpc) is 2.65. The van der Waals surface area contributed by atoms with Crippen molar-refractivity contribution in [3.05, 3.63) is 17.2 Å². The van der Waals surface area contributed by atoms with Gasteiger partial charge in [0.05, 0.1) is 5.69 Å². The van der Waals surface area contributed by atoms with Crippen LogP contribution in [0.4, 0.5) is 0 Å². The summed E-state index contributed by atoms with van der Waals surface area (Å²) < 4.78 is 2.13. The Bertz CT molecular complexity index is 454. The molecule has 1 aliphatic heterocycles. The zero-order chi connectivity index (χ0) is 11.5. The fourth-order valence-electron chi connectivity index (χ4n) is 2.19. The van der Waals surface area contributed by atoms with Crippen LogP contribution in [0.2, 0.25) is 0 Å². The van der Waals surface area contributed by atoms with Crippen molar-refractivity contribution in [1.29, 1.82) is 5.26 Å². The molecule has 0 saturated carbocycles. The molecule has 4 nitrogen and oxygen atoms in total. The standard InChI is InChI=1S/C12H15N3O/c1-9(16)5-6-12-14-10(8-13)11-4-2-3-7-15(11)12/h2-7H2,1H3. The van der Waals surface area contributed by atoms with Crippen LogP contribution in [0.1, 0.15) is 43.4 Å². The van der Waals surface area contributed by atoms with Crippen LogP contribution in [0.25, 0.3) is 0 Å². The molecule has 2 heterocycles. The van der Waals surface area contributed by atoms with Crippen molar-refractivity contribution >= 4 is 5.78 Å². The summed E-state index contributed by atoms with van der Waals surface area (Å²) in [7, 11) is 0. The van der Waals surface area contributed by atoms with E-state index in [1.165, 1.54) is 0 Å². The molecule has 0 saturated heterocycles. The van der Waals surface area contributed by atoms with E-state index in [9.17, 15) is 4.79 Å². The van der Waals surface area contributed by atoms with Gasteiger partial charge in [0.2, 0.25) is 0 Å². The maximum Gasteiger partial charge on any atom is 0.161 e. The Morgan fingerprint density at radius 1 is 1.56 bits per heavy atom. The molecule has 1 aromatic heterocycles. The quantitative estimate of drug-likeness (QED) is 0.772. The smallest absolute Gasteiger partial charge is 0.161 e. The Kier molecular flexibility index (Phi) is 3.04. The van der Waals surface area contributed by atoms with Crippen LogP contribution in [0.15, 0.2) is 0 Å². The molecular formula is C12H15N3O. The number of carbonyl (C=O) groups excluding carboxylic acids is 1. The van der Waals surface area contributed by atoms with Gasteiger partial charge >= 0.3 is 0 Å². The normalized spacial score (nSPS) is 14.2. The maximum absolute atomic E-state index is 11.0. The van der Waals surface area contributed by atoms with E-state index in [2.05, 4.69) is 15.6 Å². The summed E-state index contributed by atoms with van der Waals surface area (Å²) in [5.74, 6) is 1.08. The monoisotopic (exact) mass is 217 g/mol. The van der Waals surface area contributed by atoms with Crippen LogP contribution in [0.3, 0.4) is 0 Å². The zero-order valence-electron chi connectivity index (χ0n) is 9.49. The molecule has 1 aromatic rings. The SMILES string of the molecule is CC(=O)CCc1nc(C#N)c2n1CCCC2. The average molecular weight is 217 g/mol. The minimum Gasteiger partial charge on any atom is -0.331 e. The molecule has 0 fully saturated rings. The van der Waals surface area contributed by atoms with Gasteiger partial charge in [0.15, 0.2) is 5.69 Å². The second-order valence-corrected chi connectivity index (χ2v) is 4.25. The van der Waals surface area contributed by atoms with E-state index >= 15 is 0 Å². The Hall–Kier alpha value is -1.63. The molecule has 2 rings (SSSR count). The third kappa shape index (κ3) is 1.99. The molecule has 0 amide bonds. The summed E-state index contributed by atoms with van der Waals surface area (Å²) in [6, 6.07) is 2.15. The first kappa shape index (κ1) is 10.9. The third-order valence-electron chi connectivity index (χ3n) is 3.00. The number of hydrogen-bond donors (Lipinski definition) is 0. The fourth-order valence-corrected chi connectivity index (χ4v) is 2.19. The number of nitriles is 1. The van der Waals surface area contributed by atoms with Gasteiger partial charge in [-0.2, -0.15) is 5.26 Å². The van der Waals surface area contributed by atoms with Crippen LogP contribution in [-0.2, 0) is 24.2 Å². The predicted octanol–water partition coefficient (Wildman–Crippen LogP) is 1.61. The van der Waals surface area contributed by atoms with Crippen molar-refractivity contribution in [3.8, 4) is 6.07 Å². The molecule has 0 bridgehead atoms. The van der Waals surface area contributed by atoms with Gasteiger partial charge in [0.1, 0.15) is 17.7 Å². The van der Waals surface area contributed by atoms with E-state index in [1.54, 1.807) is 6.92 Å². The third-order valence-corrected chi connectivity index (χ3v) is 3.00. The van der Waals surface area contributed by atoms with Crippen molar-refractivity contribution in [2.75, 3.05) is 0 Å². The number of ketones is 1. The molecule has 0 radical (unpaired) electrons. The highest BCUT2D eigenvalue weighted by molar-refractivity contribution is 5.75. The van der Waals surface area contributed by atoms with Gasteiger partial charge in [0.25, 0.3) is 0 Å². The van der Waals surface area contributed by atoms with Crippen LogP contribution in [-0.4, -0.2) is 15.3 Å². The van der Waals surface area contributed by atoms with E-state index in [0.29, 0.717) is 18.5 Å². The number of hydrogen-bond acceptors (Lipinski definition) is 3. The van der Waals surface area contributed by atoms with E-state index < -0.39 is 0 Å². The molecule has 0 unspecified atom stereocenters. The molecule has 4 heteroatoms. The first-order chi connectivity index (χ1) is 7.72. The summed E-state index contributed by atoms with van der Waals surface area (Å²) >= 11 is 0. The van der Waals surface area contributed by atoms with Crippen LogP contribution < -0.4 is 0 Å². The number of nitrogens with zero attached hydrogens (tertiary/aromatic N) is 3. The first-order valence-corrected chi connectivity index (χ1v) is 5.70. The molecular weight excluding hydrogens is 202 g/mol. The van der Waals surface area contributed by atoms with Crippen LogP contribution in [0.5, 0.6) is 0 Å². The lowest BCUT2D eigenvalue weighted by Crippen LogP contribution is -2.13. The van der Waals surface area contributed by atoms with Crippen LogP contribution >= 0.6 is 0 Å². The minimum atomic E-state index is 0.173. The molecule has 0 N–H and O–H groups in total. The molecule has 84 valence electrons. The molecule has 0 aromatic carbocycles. The number of rotatable bonds is 3. The highest BCUT2D eigenvalue weighted by atomic mass is 16.1. The Labute approximate surface area is 94.9 Å². The van der Waals surface area contributed by atoms with E-state index in [1.807, 2.05) is 0 Å². The number of imidazole rings is 1. The first-order valence-electron chi connectivity index (χ1n) is 5.70. The van der Waals surface area contributed by atoms with Gasteiger partial charge in [-0.05, 0) is 26.2 Å². The van der Waals surface area contributed by atoms with Crippen molar-refractivity contribution in [2.24, 2.45) is 0 Å². The Morgan fingerprint density at radius 3 is 3.06 bits per heavy atom. The van der Waals surface area contributed by atoms with Crippen molar-refractivity contribution < 1.29 is 4.79 Å². The number of carbonyl (C=O) groups is 1. The zero-order valence-corrected chi connectivity index (χ0v) is 9.49. The predicted molar refractivity (Wildman–Crippen MR) is 58.9 cm³/mol. The summed E-state index contributed by atoms with van der Waals surface area (Å²) in [5.41, 5.74) is 1.62. The van der Waals surface area contributed by atoms with Crippen molar-refractivity contribution in [3.63, 3.8) is 0 Å². The van der Waals surface area contributed by atoms with E-state index in [-0.39, 0.29) is 5.78 Å². The summed E-state index contributed by atoms with van der Waals surface area (Å²) in [6.07, 6.45) is 4.38. The van der Waals surface area contributed by atoms with Gasteiger partial charge < -0.3 is 9.36 Å². The van der Waals surface area contributed by atoms with E-state index in [0.717, 1.165) is 37.3 Å². The van der Waals surface area contributed by atoms with Gasteiger partial charge in [0, 0.05) is 19.4 Å². The minimum absolute atomic E-state index is 0.173. The maximum atomic E-state index is 11.0. The lowest BCUT2D eigenvalue weighted by Gasteiger charge is -2.16. The Balaban J connectivity index is 2.28. The molecule has 0 atom stereocenters. The lowest BCUT2D eigenvalue weighted by atomic mass is 10.1. The molecule has 1 aliphatic rings. The van der Waals surface area contributed by atoms with Gasteiger partial charge in [-0.3, -0.25) is 0 Å². The topological polar surface area (TPSA) is 58.7 Å². The second kappa shape index (κ2) is 4.48. The van der Waals surface area contributed by atoms with Crippen molar-refractivity contribution in [2.45, 2.75) is 45.6 Å². The van der Waals surface area contributed by atoms with Crippen molar-refractivity contribution in [1.82, 2.24) is 9.55 Å². The number of fused-ring (bicyclic) bond motifs is 1. The molecule has 0 aliphatic carbocycles. The van der Waals surface area contributed by atoms with Gasteiger partial charge in [-0.25, -0.2) is 4.98 Å². The second-order valence-electron chi connectivity index (χ2n) is 4.25. The van der Waals surface area contributed by atoms with Gasteiger partial charge in [-0.1, -0.05) is 0 Å². The molecule has 0 spiro atoms. The molecule has 16 heavy (non-hydrogen) atoms. The van der Waals surface area contributed by atoms with Crippen LogP contribution in [0, 0.1) is 11.3 Å². The largest absolute Gasteiger partial charge is 0.331 e. The fraction of sp³-hybridized carbons (Fsp3) is 0.583.